The molecule has 6 nitrogen and oxygen atoms in total. The van der Waals surface area contributed by atoms with E-state index < -0.39 is 11.7 Å². The molecular weight excluding hydrogens is 348 g/mol. The summed E-state index contributed by atoms with van der Waals surface area (Å²) < 4.78 is 29.0. The number of carbonyl (C=O) groups is 1. The van der Waals surface area contributed by atoms with E-state index in [0.29, 0.717) is 17.9 Å². The molecule has 0 N–H and O–H groups in total. The van der Waals surface area contributed by atoms with Crippen LogP contribution in [-0.4, -0.2) is 38.5 Å². The van der Waals surface area contributed by atoms with Crippen molar-refractivity contribution < 1.29 is 28.5 Å². The maximum absolute atomic E-state index is 12.7. The lowest BCUT2D eigenvalue weighted by atomic mass is 9.71. The van der Waals surface area contributed by atoms with Crippen LogP contribution in [-0.2, 0) is 19.0 Å². The predicted octanol–water partition coefficient (Wildman–Crippen LogP) is 3.18. The van der Waals surface area contributed by atoms with Crippen molar-refractivity contribution >= 4 is 5.78 Å². The van der Waals surface area contributed by atoms with Gasteiger partial charge >= 0.3 is 0 Å². The van der Waals surface area contributed by atoms with Gasteiger partial charge in [0.05, 0.1) is 19.1 Å². The Kier molecular flexibility index (Phi) is 4.48. The molecule has 0 spiro atoms. The Morgan fingerprint density at radius 2 is 2.07 bits per heavy atom. The normalized spacial score (nSPS) is 34.2. The van der Waals surface area contributed by atoms with Crippen LogP contribution in [0.15, 0.2) is 42.7 Å². The lowest BCUT2D eigenvalue weighted by Gasteiger charge is -2.42. The molecule has 6 heteroatoms. The van der Waals surface area contributed by atoms with Gasteiger partial charge in [0.15, 0.2) is 22.9 Å². The molecule has 0 bridgehead atoms. The second kappa shape index (κ2) is 6.69. The molecule has 3 aliphatic rings. The molecule has 0 radical (unpaired) electrons. The van der Waals surface area contributed by atoms with Crippen LogP contribution < -0.4 is 9.47 Å². The van der Waals surface area contributed by atoms with Crippen LogP contribution in [0.5, 0.6) is 11.5 Å². The Morgan fingerprint density at radius 1 is 1.30 bits per heavy atom. The van der Waals surface area contributed by atoms with E-state index in [1.165, 1.54) is 0 Å². The van der Waals surface area contributed by atoms with Crippen molar-refractivity contribution in [1.82, 2.24) is 0 Å². The van der Waals surface area contributed by atoms with E-state index in [-0.39, 0.29) is 30.5 Å². The minimum absolute atomic E-state index is 0.0250. The zero-order chi connectivity index (χ0) is 19.2. The molecule has 1 aromatic rings. The molecule has 1 aliphatic carbocycles. The number of hydrogen-bond donors (Lipinski definition) is 0. The molecule has 0 unspecified atom stereocenters. The van der Waals surface area contributed by atoms with Gasteiger partial charge in [-0.15, -0.1) is 6.58 Å². The first-order valence-electron chi connectivity index (χ1n) is 9.07. The van der Waals surface area contributed by atoms with Gasteiger partial charge < -0.3 is 23.7 Å². The topological polar surface area (TPSA) is 63.2 Å². The van der Waals surface area contributed by atoms with Gasteiger partial charge in [0, 0.05) is 19.1 Å². The number of hydrogen-bond acceptors (Lipinski definition) is 6. The third kappa shape index (κ3) is 2.51. The van der Waals surface area contributed by atoms with Crippen LogP contribution in [0.1, 0.15) is 25.0 Å². The lowest BCUT2D eigenvalue weighted by Crippen LogP contribution is -2.54. The molecule has 0 saturated carbocycles. The summed E-state index contributed by atoms with van der Waals surface area (Å²) in [5, 5.41) is 0. The summed E-state index contributed by atoms with van der Waals surface area (Å²) in [5.74, 6) is 1.47. The summed E-state index contributed by atoms with van der Waals surface area (Å²) in [6.45, 7) is 6.08. The molecule has 1 aromatic carbocycles. The number of fused-ring (bicyclic) bond motifs is 2. The van der Waals surface area contributed by atoms with Crippen LogP contribution in [0.25, 0.3) is 0 Å². The maximum atomic E-state index is 12.7. The zero-order valence-corrected chi connectivity index (χ0v) is 15.8. The highest BCUT2D eigenvalue weighted by Gasteiger charge is 2.63. The minimum Gasteiger partial charge on any atom is -0.498 e. The van der Waals surface area contributed by atoms with E-state index in [1.807, 2.05) is 18.2 Å². The molecule has 27 heavy (non-hydrogen) atoms. The van der Waals surface area contributed by atoms with Crippen molar-refractivity contribution in [2.75, 3.05) is 21.0 Å². The number of methoxy groups -OCH3 is 2. The summed E-state index contributed by atoms with van der Waals surface area (Å²) in [6, 6.07) is 5.79. The smallest absolute Gasteiger partial charge is 0.231 e. The largest absolute Gasteiger partial charge is 0.498 e. The average Bonchev–Trinajstić information content (AvgIpc) is 3.26. The molecule has 2 heterocycles. The fourth-order valence-corrected chi connectivity index (χ4v) is 4.62. The third-order valence-corrected chi connectivity index (χ3v) is 5.94. The molecule has 1 saturated heterocycles. The van der Waals surface area contributed by atoms with E-state index in [9.17, 15) is 4.79 Å². The monoisotopic (exact) mass is 372 g/mol. The van der Waals surface area contributed by atoms with E-state index in [0.717, 1.165) is 11.3 Å². The summed E-state index contributed by atoms with van der Waals surface area (Å²) in [5.41, 5.74) is 0.120. The first-order valence-corrected chi connectivity index (χ1v) is 9.07. The van der Waals surface area contributed by atoms with Gasteiger partial charge in [-0.3, -0.25) is 4.79 Å². The van der Waals surface area contributed by atoms with Crippen molar-refractivity contribution in [3.8, 4) is 11.5 Å². The third-order valence-electron chi connectivity index (χ3n) is 5.94. The highest BCUT2D eigenvalue weighted by atomic mass is 16.7. The lowest BCUT2D eigenvalue weighted by molar-refractivity contribution is -0.141. The number of benzene rings is 1. The average molecular weight is 372 g/mol. The van der Waals surface area contributed by atoms with Gasteiger partial charge in [-0.1, -0.05) is 19.1 Å². The number of ether oxygens (including phenoxy) is 5. The van der Waals surface area contributed by atoms with Crippen LogP contribution in [0, 0.1) is 11.8 Å². The Hall–Kier alpha value is -2.31. The molecular formula is C21H24O6. The van der Waals surface area contributed by atoms with Crippen LogP contribution >= 0.6 is 0 Å². The van der Waals surface area contributed by atoms with Crippen LogP contribution in [0.3, 0.4) is 0 Å². The highest BCUT2D eigenvalue weighted by Crippen LogP contribution is 2.55. The number of rotatable bonds is 5. The standard InChI is InChI=1S/C21H24O6/c1-5-6-14-15(22)10-18(23-3)21(24-4)12(2)19(27-20(14)21)13-7-8-16-17(9-13)26-11-25-16/h5,7-10,12,14,19-20H,1,6,11H2,2-4H3/t12-,14-,19+,20-,21+/m0/s1. The first kappa shape index (κ1) is 18.1. The Labute approximate surface area is 158 Å². The molecule has 144 valence electrons. The van der Waals surface area contributed by atoms with E-state index >= 15 is 0 Å². The van der Waals surface area contributed by atoms with Gasteiger partial charge in [0.1, 0.15) is 11.9 Å². The number of allylic oxidation sites excluding steroid dienone is 2. The summed E-state index contributed by atoms with van der Waals surface area (Å²) in [6.07, 6.45) is 3.08. The molecule has 0 amide bonds. The van der Waals surface area contributed by atoms with Gasteiger partial charge in [0.2, 0.25) is 6.79 Å². The summed E-state index contributed by atoms with van der Waals surface area (Å²) in [4.78, 5) is 12.7. The van der Waals surface area contributed by atoms with Gasteiger partial charge in [-0.25, -0.2) is 0 Å². The molecule has 5 atom stereocenters. The van der Waals surface area contributed by atoms with Crippen molar-refractivity contribution in [3.05, 3.63) is 48.3 Å². The van der Waals surface area contributed by atoms with Crippen molar-refractivity contribution in [2.24, 2.45) is 11.8 Å². The molecule has 4 rings (SSSR count). The second-order valence-electron chi connectivity index (χ2n) is 7.12. The molecule has 2 aliphatic heterocycles. The first-order chi connectivity index (χ1) is 13.1. The number of carbonyl (C=O) groups excluding carboxylic acids is 1. The molecule has 0 aromatic heterocycles. The SMILES string of the molecule is C=CC[C@H]1C(=O)C=C(OC)[C@]2(OC)[C@@H](C)[C@H](c3ccc4c(c3)OCO4)O[C@@H]12. The Morgan fingerprint density at radius 3 is 2.78 bits per heavy atom. The number of ketones is 1. The van der Waals surface area contributed by atoms with Crippen molar-refractivity contribution in [2.45, 2.75) is 31.2 Å². The highest BCUT2D eigenvalue weighted by molar-refractivity contribution is 5.94. The van der Waals surface area contributed by atoms with E-state index in [4.69, 9.17) is 23.7 Å². The summed E-state index contributed by atoms with van der Waals surface area (Å²) in [7, 11) is 3.20. The van der Waals surface area contributed by atoms with Crippen molar-refractivity contribution in [1.29, 1.82) is 0 Å². The van der Waals surface area contributed by atoms with E-state index in [2.05, 4.69) is 13.5 Å². The Bertz CT molecular complexity index is 800. The minimum atomic E-state index is -0.836. The zero-order valence-electron chi connectivity index (χ0n) is 15.8. The predicted molar refractivity (Wildman–Crippen MR) is 97.5 cm³/mol. The van der Waals surface area contributed by atoms with E-state index in [1.54, 1.807) is 26.4 Å². The molecule has 1 fully saturated rings. The fourth-order valence-electron chi connectivity index (χ4n) is 4.62. The van der Waals surface area contributed by atoms with Gasteiger partial charge in [-0.2, -0.15) is 0 Å². The fraction of sp³-hybridized carbons (Fsp3) is 0.476. The summed E-state index contributed by atoms with van der Waals surface area (Å²) >= 11 is 0. The maximum Gasteiger partial charge on any atom is 0.231 e. The Balaban J connectivity index is 1.78. The quantitative estimate of drug-likeness (QED) is 0.740. The van der Waals surface area contributed by atoms with Crippen molar-refractivity contribution in [3.63, 3.8) is 0 Å². The van der Waals surface area contributed by atoms with Crippen LogP contribution in [0.4, 0.5) is 0 Å². The van der Waals surface area contributed by atoms with Gasteiger partial charge in [-0.05, 0) is 24.1 Å². The van der Waals surface area contributed by atoms with Crippen LogP contribution in [0.2, 0.25) is 0 Å². The second-order valence-corrected chi connectivity index (χ2v) is 7.12. The van der Waals surface area contributed by atoms with Gasteiger partial charge in [0.25, 0.3) is 0 Å².